The van der Waals surface area contributed by atoms with E-state index in [9.17, 15) is 9.50 Å². The number of anilines is 1. The normalized spacial score (nSPS) is 21.3. The van der Waals surface area contributed by atoms with Crippen LogP contribution in [0.3, 0.4) is 0 Å². The first kappa shape index (κ1) is 13.3. The number of aliphatic hydroxyl groups is 1. The largest absolute Gasteiger partial charge is 0.389 e. The molecule has 2 unspecified atom stereocenters. The minimum Gasteiger partial charge on any atom is -0.389 e. The summed E-state index contributed by atoms with van der Waals surface area (Å²) >= 11 is 0. The molecule has 0 spiro atoms. The average molecular weight is 251 g/mol. The predicted octanol–water partition coefficient (Wildman–Crippen LogP) is 3.51. The lowest BCUT2D eigenvalue weighted by molar-refractivity contribution is 0.199. The predicted molar refractivity (Wildman–Crippen MR) is 72.3 cm³/mol. The minimum absolute atomic E-state index is 0.217. The molecule has 0 aliphatic carbocycles. The van der Waals surface area contributed by atoms with Crippen molar-refractivity contribution in [1.29, 1.82) is 0 Å². The van der Waals surface area contributed by atoms with Crippen molar-refractivity contribution in [3.05, 3.63) is 29.6 Å². The fraction of sp³-hybridized carbons (Fsp3) is 0.600. The van der Waals surface area contributed by atoms with E-state index in [2.05, 4.69) is 11.8 Å². The highest BCUT2D eigenvalue weighted by Gasteiger charge is 2.23. The van der Waals surface area contributed by atoms with Crippen molar-refractivity contribution in [2.24, 2.45) is 5.92 Å². The lowest BCUT2D eigenvalue weighted by Gasteiger charge is -2.20. The Morgan fingerprint density at radius 2 is 2.28 bits per heavy atom. The topological polar surface area (TPSA) is 23.5 Å². The number of aliphatic hydroxyl groups excluding tert-OH is 1. The molecule has 1 saturated heterocycles. The monoisotopic (exact) mass is 251 g/mol. The van der Waals surface area contributed by atoms with Crippen LogP contribution in [0.4, 0.5) is 10.1 Å². The maximum atomic E-state index is 14.0. The Kier molecular flexibility index (Phi) is 4.23. The smallest absolute Gasteiger partial charge is 0.146 e. The summed E-state index contributed by atoms with van der Waals surface area (Å²) in [6.45, 7) is 5.75. The number of benzene rings is 1. The van der Waals surface area contributed by atoms with Gasteiger partial charge in [0.2, 0.25) is 0 Å². The van der Waals surface area contributed by atoms with E-state index in [4.69, 9.17) is 0 Å². The number of hydrogen-bond donors (Lipinski definition) is 1. The van der Waals surface area contributed by atoms with Gasteiger partial charge in [0, 0.05) is 13.1 Å². The van der Waals surface area contributed by atoms with Crippen LogP contribution in [0.2, 0.25) is 0 Å². The van der Waals surface area contributed by atoms with Crippen molar-refractivity contribution in [2.75, 3.05) is 18.0 Å². The molecule has 2 atom stereocenters. The Morgan fingerprint density at radius 3 is 2.89 bits per heavy atom. The molecule has 3 heteroatoms. The molecule has 0 amide bonds. The van der Waals surface area contributed by atoms with Gasteiger partial charge < -0.3 is 10.0 Å². The molecule has 1 fully saturated rings. The molecule has 1 aliphatic heterocycles. The van der Waals surface area contributed by atoms with Crippen LogP contribution in [0.15, 0.2) is 18.2 Å². The Balaban J connectivity index is 2.10. The molecule has 0 bridgehead atoms. The molecule has 0 radical (unpaired) electrons. The summed E-state index contributed by atoms with van der Waals surface area (Å²) in [5, 5.41) is 9.44. The number of rotatable bonds is 4. The van der Waals surface area contributed by atoms with E-state index in [0.29, 0.717) is 17.2 Å². The fourth-order valence-corrected chi connectivity index (χ4v) is 2.73. The highest BCUT2D eigenvalue weighted by atomic mass is 19.1. The van der Waals surface area contributed by atoms with Crippen molar-refractivity contribution in [3.63, 3.8) is 0 Å². The molecular formula is C15H22FNO. The zero-order chi connectivity index (χ0) is 13.1. The van der Waals surface area contributed by atoms with Crippen molar-refractivity contribution in [3.8, 4) is 0 Å². The summed E-state index contributed by atoms with van der Waals surface area (Å²) in [4.78, 5) is 2.13. The summed E-state index contributed by atoms with van der Waals surface area (Å²) in [5.41, 5.74) is 1.32. The number of halogens is 1. The molecule has 0 aromatic heterocycles. The standard InChI is InChI=1S/C15H22FNO/c1-3-4-12-7-8-17(10-12)15-6-5-13(11(2)18)9-14(15)16/h5-6,9,11-12,18H,3-4,7-8,10H2,1-2H3. The van der Waals surface area contributed by atoms with Crippen LogP contribution >= 0.6 is 0 Å². The quantitative estimate of drug-likeness (QED) is 0.885. The van der Waals surface area contributed by atoms with Gasteiger partial charge in [-0.2, -0.15) is 0 Å². The third-order valence-electron chi connectivity index (χ3n) is 3.78. The van der Waals surface area contributed by atoms with Crippen LogP contribution in [0.25, 0.3) is 0 Å². The van der Waals surface area contributed by atoms with Crippen molar-refractivity contribution >= 4 is 5.69 Å². The Bertz CT molecular complexity index is 405. The van der Waals surface area contributed by atoms with E-state index < -0.39 is 6.10 Å². The summed E-state index contributed by atoms with van der Waals surface area (Å²) in [6.07, 6.45) is 2.97. The van der Waals surface area contributed by atoms with Gasteiger partial charge in [-0.3, -0.25) is 0 Å². The SMILES string of the molecule is CCCC1CCN(c2ccc(C(C)O)cc2F)C1. The second-order valence-corrected chi connectivity index (χ2v) is 5.28. The van der Waals surface area contributed by atoms with Gasteiger partial charge in [0.1, 0.15) is 5.82 Å². The molecule has 0 saturated carbocycles. The second-order valence-electron chi connectivity index (χ2n) is 5.28. The van der Waals surface area contributed by atoms with E-state index in [1.807, 2.05) is 6.07 Å². The Hall–Kier alpha value is -1.09. The van der Waals surface area contributed by atoms with Gasteiger partial charge in [-0.1, -0.05) is 19.4 Å². The first-order valence-electron chi connectivity index (χ1n) is 6.84. The molecule has 100 valence electrons. The van der Waals surface area contributed by atoms with Gasteiger partial charge >= 0.3 is 0 Å². The van der Waals surface area contributed by atoms with Gasteiger partial charge in [0.15, 0.2) is 0 Å². The first-order valence-corrected chi connectivity index (χ1v) is 6.84. The Morgan fingerprint density at radius 1 is 1.50 bits per heavy atom. The lowest BCUT2D eigenvalue weighted by atomic mass is 10.0. The number of nitrogens with zero attached hydrogens (tertiary/aromatic N) is 1. The van der Waals surface area contributed by atoms with Gasteiger partial charge in [0.05, 0.1) is 11.8 Å². The molecule has 2 nitrogen and oxygen atoms in total. The van der Waals surface area contributed by atoms with Gasteiger partial charge in [0.25, 0.3) is 0 Å². The highest BCUT2D eigenvalue weighted by Crippen LogP contribution is 2.29. The van der Waals surface area contributed by atoms with Crippen LogP contribution < -0.4 is 4.90 Å². The van der Waals surface area contributed by atoms with E-state index in [1.54, 1.807) is 13.0 Å². The fourth-order valence-electron chi connectivity index (χ4n) is 2.73. The van der Waals surface area contributed by atoms with Crippen LogP contribution in [0.1, 0.15) is 44.8 Å². The van der Waals surface area contributed by atoms with Gasteiger partial charge in [-0.15, -0.1) is 0 Å². The summed E-state index contributed by atoms with van der Waals surface area (Å²) < 4.78 is 14.0. The number of hydrogen-bond acceptors (Lipinski definition) is 2. The molecule has 1 aromatic carbocycles. The van der Waals surface area contributed by atoms with E-state index >= 15 is 0 Å². The van der Waals surface area contributed by atoms with E-state index in [0.717, 1.165) is 19.5 Å². The van der Waals surface area contributed by atoms with Crippen molar-refractivity contribution < 1.29 is 9.50 Å². The van der Waals surface area contributed by atoms with E-state index in [-0.39, 0.29) is 5.82 Å². The van der Waals surface area contributed by atoms with Gasteiger partial charge in [-0.25, -0.2) is 4.39 Å². The molecule has 1 heterocycles. The first-order chi connectivity index (χ1) is 8.61. The second kappa shape index (κ2) is 5.70. The van der Waals surface area contributed by atoms with Crippen LogP contribution in [0, 0.1) is 11.7 Å². The third-order valence-corrected chi connectivity index (χ3v) is 3.78. The molecule has 1 aliphatic rings. The molecular weight excluding hydrogens is 229 g/mol. The third kappa shape index (κ3) is 2.83. The lowest BCUT2D eigenvalue weighted by Crippen LogP contribution is -2.20. The van der Waals surface area contributed by atoms with E-state index in [1.165, 1.54) is 18.9 Å². The summed E-state index contributed by atoms with van der Waals surface area (Å²) in [6, 6.07) is 5.06. The van der Waals surface area contributed by atoms with Crippen molar-refractivity contribution in [2.45, 2.75) is 39.2 Å². The van der Waals surface area contributed by atoms with Gasteiger partial charge in [-0.05, 0) is 43.4 Å². The average Bonchev–Trinajstić information content (AvgIpc) is 2.77. The summed E-state index contributed by atoms with van der Waals surface area (Å²) in [5.74, 6) is 0.483. The zero-order valence-corrected chi connectivity index (χ0v) is 11.2. The maximum Gasteiger partial charge on any atom is 0.146 e. The van der Waals surface area contributed by atoms with Crippen LogP contribution in [-0.2, 0) is 0 Å². The molecule has 1 N–H and O–H groups in total. The summed E-state index contributed by atoms with van der Waals surface area (Å²) in [7, 11) is 0. The Labute approximate surface area is 108 Å². The van der Waals surface area contributed by atoms with Crippen LogP contribution in [0.5, 0.6) is 0 Å². The zero-order valence-electron chi connectivity index (χ0n) is 11.2. The highest BCUT2D eigenvalue weighted by molar-refractivity contribution is 5.50. The molecule has 18 heavy (non-hydrogen) atoms. The minimum atomic E-state index is -0.611. The maximum absolute atomic E-state index is 14.0. The van der Waals surface area contributed by atoms with Crippen LogP contribution in [-0.4, -0.2) is 18.2 Å². The van der Waals surface area contributed by atoms with Crippen molar-refractivity contribution in [1.82, 2.24) is 0 Å². The molecule has 2 rings (SSSR count). The molecule has 1 aromatic rings.